The SMILES string of the molecule is C[C@@H](Oc1ccc(C(C)(C)C)cc1)C(=O)N[C@H]1CCOc2ccccc21. The van der Waals surface area contributed by atoms with Crippen molar-refractivity contribution < 1.29 is 14.3 Å². The maximum absolute atomic E-state index is 12.6. The first-order valence-corrected chi connectivity index (χ1v) is 9.14. The summed E-state index contributed by atoms with van der Waals surface area (Å²) in [7, 11) is 0. The number of hydrogen-bond acceptors (Lipinski definition) is 3. The molecule has 4 nitrogen and oxygen atoms in total. The molecule has 0 spiro atoms. The molecule has 26 heavy (non-hydrogen) atoms. The molecule has 0 saturated heterocycles. The molecule has 3 rings (SSSR count). The predicted molar refractivity (Wildman–Crippen MR) is 103 cm³/mol. The van der Waals surface area contributed by atoms with Crippen molar-refractivity contribution in [3.8, 4) is 11.5 Å². The summed E-state index contributed by atoms with van der Waals surface area (Å²) in [6.45, 7) is 8.89. The standard InChI is InChI=1S/C22H27NO3/c1-15(26-17-11-9-16(10-12-17)22(2,3)4)21(24)23-19-13-14-25-20-8-6-5-7-18(19)20/h5-12,15,19H,13-14H2,1-4H3,(H,23,24)/t15-,19+/m1/s1. The summed E-state index contributed by atoms with van der Waals surface area (Å²) in [5, 5.41) is 3.09. The van der Waals surface area contributed by atoms with E-state index in [0.717, 1.165) is 17.7 Å². The number of carbonyl (C=O) groups excluding carboxylic acids is 1. The van der Waals surface area contributed by atoms with Crippen molar-refractivity contribution in [1.82, 2.24) is 5.32 Å². The molecule has 0 saturated carbocycles. The Morgan fingerprint density at radius 2 is 1.85 bits per heavy atom. The van der Waals surface area contributed by atoms with Crippen LogP contribution in [0.25, 0.3) is 0 Å². The van der Waals surface area contributed by atoms with Crippen LogP contribution in [0.15, 0.2) is 48.5 Å². The Bertz CT molecular complexity index is 762. The molecule has 2 aromatic rings. The third-order valence-electron chi connectivity index (χ3n) is 4.68. The van der Waals surface area contributed by atoms with Gasteiger partial charge in [-0.25, -0.2) is 0 Å². The molecule has 0 bridgehead atoms. The number of para-hydroxylation sites is 1. The highest BCUT2D eigenvalue weighted by atomic mass is 16.5. The number of carbonyl (C=O) groups is 1. The van der Waals surface area contributed by atoms with Crippen molar-refractivity contribution in [2.24, 2.45) is 0 Å². The Hall–Kier alpha value is -2.49. The van der Waals surface area contributed by atoms with E-state index in [0.29, 0.717) is 12.4 Å². The van der Waals surface area contributed by atoms with E-state index in [4.69, 9.17) is 9.47 Å². The smallest absolute Gasteiger partial charge is 0.261 e. The molecule has 138 valence electrons. The highest BCUT2D eigenvalue weighted by molar-refractivity contribution is 5.81. The van der Waals surface area contributed by atoms with Crippen molar-refractivity contribution in [3.63, 3.8) is 0 Å². The lowest BCUT2D eigenvalue weighted by molar-refractivity contribution is -0.128. The Morgan fingerprint density at radius 3 is 2.54 bits per heavy atom. The fraction of sp³-hybridized carbons (Fsp3) is 0.409. The predicted octanol–water partition coefficient (Wildman–Crippen LogP) is 4.39. The van der Waals surface area contributed by atoms with E-state index in [1.54, 1.807) is 6.92 Å². The largest absolute Gasteiger partial charge is 0.493 e. The van der Waals surface area contributed by atoms with E-state index in [-0.39, 0.29) is 17.4 Å². The fourth-order valence-corrected chi connectivity index (χ4v) is 3.07. The summed E-state index contributed by atoms with van der Waals surface area (Å²) in [5.41, 5.74) is 2.35. The third-order valence-corrected chi connectivity index (χ3v) is 4.68. The second-order valence-corrected chi connectivity index (χ2v) is 7.77. The Balaban J connectivity index is 1.62. The summed E-state index contributed by atoms with van der Waals surface area (Å²) in [6.07, 6.45) is 0.195. The zero-order chi connectivity index (χ0) is 18.7. The van der Waals surface area contributed by atoms with Crippen LogP contribution in [0.5, 0.6) is 11.5 Å². The summed E-state index contributed by atoms with van der Waals surface area (Å²) >= 11 is 0. The number of ether oxygens (including phenoxy) is 2. The molecule has 1 aliphatic heterocycles. The van der Waals surface area contributed by atoms with Crippen LogP contribution in [-0.4, -0.2) is 18.6 Å². The first kappa shape index (κ1) is 18.3. The van der Waals surface area contributed by atoms with Crippen LogP contribution in [0.1, 0.15) is 51.3 Å². The first-order valence-electron chi connectivity index (χ1n) is 9.14. The topological polar surface area (TPSA) is 47.6 Å². The molecule has 2 atom stereocenters. The van der Waals surface area contributed by atoms with Gasteiger partial charge < -0.3 is 14.8 Å². The highest BCUT2D eigenvalue weighted by Crippen LogP contribution is 2.31. The van der Waals surface area contributed by atoms with Crippen molar-refractivity contribution in [2.45, 2.75) is 51.7 Å². The van der Waals surface area contributed by atoms with Gasteiger partial charge in [0.2, 0.25) is 0 Å². The number of benzene rings is 2. The molecule has 4 heteroatoms. The van der Waals surface area contributed by atoms with Crippen LogP contribution in [0.3, 0.4) is 0 Å². The van der Waals surface area contributed by atoms with Gasteiger partial charge in [0.05, 0.1) is 12.6 Å². The Kier molecular flexibility index (Phi) is 5.21. The van der Waals surface area contributed by atoms with Gasteiger partial charge in [0.1, 0.15) is 11.5 Å². The maximum atomic E-state index is 12.6. The average Bonchev–Trinajstić information content (AvgIpc) is 2.61. The molecule has 0 aliphatic carbocycles. The van der Waals surface area contributed by atoms with Crippen molar-refractivity contribution in [2.75, 3.05) is 6.61 Å². The number of rotatable bonds is 4. The zero-order valence-electron chi connectivity index (χ0n) is 15.9. The molecule has 1 amide bonds. The quantitative estimate of drug-likeness (QED) is 0.887. The van der Waals surface area contributed by atoms with Gasteiger partial charge in [-0.1, -0.05) is 51.1 Å². The van der Waals surface area contributed by atoms with E-state index in [9.17, 15) is 4.79 Å². The summed E-state index contributed by atoms with van der Waals surface area (Å²) in [4.78, 5) is 12.6. The molecular weight excluding hydrogens is 326 g/mol. The fourth-order valence-electron chi connectivity index (χ4n) is 3.07. The second-order valence-electron chi connectivity index (χ2n) is 7.77. The summed E-state index contributed by atoms with van der Waals surface area (Å²) in [5.74, 6) is 1.43. The van der Waals surface area contributed by atoms with Crippen LogP contribution < -0.4 is 14.8 Å². The van der Waals surface area contributed by atoms with Gasteiger partial charge in [0, 0.05) is 12.0 Å². The molecule has 0 aromatic heterocycles. The van der Waals surface area contributed by atoms with Gasteiger partial charge in [0.15, 0.2) is 6.10 Å². The van der Waals surface area contributed by atoms with Crippen LogP contribution in [-0.2, 0) is 10.2 Å². The molecule has 1 N–H and O–H groups in total. The van der Waals surface area contributed by atoms with E-state index in [2.05, 4.69) is 38.2 Å². The molecule has 1 aliphatic rings. The van der Waals surface area contributed by atoms with Gasteiger partial charge in [-0.15, -0.1) is 0 Å². The van der Waals surface area contributed by atoms with E-state index >= 15 is 0 Å². The van der Waals surface area contributed by atoms with Gasteiger partial charge in [-0.3, -0.25) is 4.79 Å². The summed E-state index contributed by atoms with van der Waals surface area (Å²) < 4.78 is 11.5. The number of amides is 1. The van der Waals surface area contributed by atoms with Crippen LogP contribution in [0, 0.1) is 0 Å². The number of hydrogen-bond donors (Lipinski definition) is 1. The summed E-state index contributed by atoms with van der Waals surface area (Å²) in [6, 6.07) is 15.7. The molecule has 0 unspecified atom stereocenters. The lowest BCUT2D eigenvalue weighted by atomic mass is 9.87. The Labute approximate surface area is 155 Å². The molecule has 1 heterocycles. The van der Waals surface area contributed by atoms with E-state index < -0.39 is 6.10 Å². The number of nitrogens with one attached hydrogen (secondary N) is 1. The van der Waals surface area contributed by atoms with E-state index in [1.807, 2.05) is 36.4 Å². The maximum Gasteiger partial charge on any atom is 0.261 e. The number of fused-ring (bicyclic) bond motifs is 1. The zero-order valence-corrected chi connectivity index (χ0v) is 15.9. The minimum absolute atomic E-state index is 0.0400. The minimum Gasteiger partial charge on any atom is -0.493 e. The van der Waals surface area contributed by atoms with Crippen LogP contribution in [0.2, 0.25) is 0 Å². The molecular formula is C22H27NO3. The molecule has 2 aromatic carbocycles. The van der Waals surface area contributed by atoms with Gasteiger partial charge in [-0.2, -0.15) is 0 Å². The van der Waals surface area contributed by atoms with Crippen molar-refractivity contribution in [3.05, 3.63) is 59.7 Å². The Morgan fingerprint density at radius 1 is 1.15 bits per heavy atom. The van der Waals surface area contributed by atoms with Gasteiger partial charge in [0.25, 0.3) is 5.91 Å². The van der Waals surface area contributed by atoms with Gasteiger partial charge in [-0.05, 0) is 36.1 Å². The first-order chi connectivity index (χ1) is 12.3. The average molecular weight is 353 g/mol. The van der Waals surface area contributed by atoms with Crippen molar-refractivity contribution >= 4 is 5.91 Å². The molecule has 0 radical (unpaired) electrons. The lowest BCUT2D eigenvalue weighted by Gasteiger charge is -2.27. The van der Waals surface area contributed by atoms with Gasteiger partial charge >= 0.3 is 0 Å². The van der Waals surface area contributed by atoms with Crippen molar-refractivity contribution in [1.29, 1.82) is 0 Å². The van der Waals surface area contributed by atoms with Crippen LogP contribution >= 0.6 is 0 Å². The van der Waals surface area contributed by atoms with E-state index in [1.165, 1.54) is 5.56 Å². The lowest BCUT2D eigenvalue weighted by Crippen LogP contribution is -2.40. The third kappa shape index (κ3) is 4.18. The second kappa shape index (κ2) is 7.40. The normalized spacial score (nSPS) is 17.6. The van der Waals surface area contributed by atoms with Crippen LogP contribution in [0.4, 0.5) is 0 Å². The monoisotopic (exact) mass is 353 g/mol. The minimum atomic E-state index is -0.564. The molecule has 0 fully saturated rings. The highest BCUT2D eigenvalue weighted by Gasteiger charge is 2.25.